The van der Waals surface area contributed by atoms with Gasteiger partial charge in [0.2, 0.25) is 11.8 Å². The molecule has 3 rings (SSSR count). The minimum atomic E-state index is -0.0905. The number of halogens is 1. The van der Waals surface area contributed by atoms with Crippen molar-refractivity contribution in [2.75, 3.05) is 18.4 Å². The molecule has 0 saturated carbocycles. The Hall–Kier alpha value is -2.59. The highest BCUT2D eigenvalue weighted by atomic mass is 35.5. The van der Waals surface area contributed by atoms with Crippen molar-refractivity contribution in [3.63, 3.8) is 0 Å². The second-order valence-corrected chi connectivity index (χ2v) is 7.20. The molecule has 1 N–H and O–H groups in total. The quantitative estimate of drug-likeness (QED) is 0.789. The number of nitrogens with one attached hydrogen (secondary N) is 1. The van der Waals surface area contributed by atoms with Crippen molar-refractivity contribution in [1.29, 1.82) is 0 Å². The van der Waals surface area contributed by atoms with Gasteiger partial charge in [0, 0.05) is 35.8 Å². The summed E-state index contributed by atoms with van der Waals surface area (Å²) in [4.78, 5) is 26.6. The standard InChI is InChI=1S/C22H23ClN2O2/c1-16-7-9-19(15-20(16)23)24-22(27)18-11-13-25(14-12-18)21(26)10-8-17-5-3-2-4-6-17/h2-10,15,18H,11-14H2,1H3,(H,24,27). The first kappa shape index (κ1) is 19.2. The molecule has 1 aliphatic rings. The topological polar surface area (TPSA) is 49.4 Å². The molecule has 1 aliphatic heterocycles. The molecule has 1 fully saturated rings. The Morgan fingerprint density at radius 1 is 1.11 bits per heavy atom. The number of carbonyl (C=O) groups is 2. The van der Waals surface area contributed by atoms with Gasteiger partial charge in [-0.25, -0.2) is 0 Å². The number of likely N-dealkylation sites (tertiary alicyclic amines) is 1. The van der Waals surface area contributed by atoms with Crippen LogP contribution in [0.1, 0.15) is 24.0 Å². The van der Waals surface area contributed by atoms with E-state index in [1.165, 1.54) is 0 Å². The number of hydrogen-bond acceptors (Lipinski definition) is 2. The van der Waals surface area contributed by atoms with Crippen molar-refractivity contribution in [3.8, 4) is 0 Å². The SMILES string of the molecule is Cc1ccc(NC(=O)C2CCN(C(=O)C=Cc3ccccc3)CC2)cc1Cl. The molecule has 0 unspecified atom stereocenters. The lowest BCUT2D eigenvalue weighted by Crippen LogP contribution is -2.40. The maximum atomic E-state index is 12.5. The van der Waals surface area contributed by atoms with Crippen LogP contribution >= 0.6 is 11.6 Å². The number of nitrogens with zero attached hydrogens (tertiary/aromatic N) is 1. The Balaban J connectivity index is 1.50. The number of aryl methyl sites for hydroxylation is 1. The van der Waals surface area contributed by atoms with Gasteiger partial charge in [0.1, 0.15) is 0 Å². The van der Waals surface area contributed by atoms with Gasteiger partial charge in [-0.2, -0.15) is 0 Å². The van der Waals surface area contributed by atoms with Gasteiger partial charge in [-0.1, -0.05) is 48.0 Å². The summed E-state index contributed by atoms with van der Waals surface area (Å²) in [7, 11) is 0. The molecule has 5 heteroatoms. The first-order valence-corrected chi connectivity index (χ1v) is 9.50. The van der Waals surface area contributed by atoms with Gasteiger partial charge in [0.05, 0.1) is 0 Å². The van der Waals surface area contributed by atoms with Gasteiger partial charge in [-0.15, -0.1) is 0 Å². The first-order chi connectivity index (χ1) is 13.0. The highest BCUT2D eigenvalue weighted by Gasteiger charge is 2.26. The minimum absolute atomic E-state index is 0.0111. The lowest BCUT2D eigenvalue weighted by Gasteiger charge is -2.30. The predicted octanol–water partition coefficient (Wildman–Crippen LogP) is 4.54. The summed E-state index contributed by atoms with van der Waals surface area (Å²) in [6.07, 6.45) is 4.75. The molecular formula is C22H23ClN2O2. The number of rotatable bonds is 4. The fraction of sp³-hybridized carbons (Fsp3) is 0.273. The van der Waals surface area contributed by atoms with E-state index in [0.29, 0.717) is 36.6 Å². The largest absolute Gasteiger partial charge is 0.339 e. The number of carbonyl (C=O) groups excluding carboxylic acids is 2. The Morgan fingerprint density at radius 3 is 2.48 bits per heavy atom. The summed E-state index contributed by atoms with van der Waals surface area (Å²) >= 11 is 6.11. The molecule has 0 aliphatic carbocycles. The summed E-state index contributed by atoms with van der Waals surface area (Å²) in [5.74, 6) is -0.114. The van der Waals surface area contributed by atoms with Crippen LogP contribution in [0.25, 0.3) is 6.08 Å². The molecule has 2 amide bonds. The number of amides is 2. The molecule has 0 spiro atoms. The van der Waals surface area contributed by atoms with Crippen LogP contribution < -0.4 is 5.32 Å². The van der Waals surface area contributed by atoms with Crippen LogP contribution in [0.4, 0.5) is 5.69 Å². The van der Waals surface area contributed by atoms with Crippen LogP contribution in [0.3, 0.4) is 0 Å². The molecule has 140 valence electrons. The Labute approximate surface area is 164 Å². The fourth-order valence-electron chi connectivity index (χ4n) is 3.11. The van der Waals surface area contributed by atoms with Gasteiger partial charge in [0.15, 0.2) is 0 Å². The van der Waals surface area contributed by atoms with Gasteiger partial charge in [-0.05, 0) is 49.1 Å². The third kappa shape index (κ3) is 5.20. The van der Waals surface area contributed by atoms with Gasteiger partial charge in [0.25, 0.3) is 0 Å². The molecule has 0 aromatic heterocycles. The van der Waals surface area contributed by atoms with Crippen molar-refractivity contribution in [2.24, 2.45) is 5.92 Å². The third-order valence-corrected chi connectivity index (χ3v) is 5.24. The van der Waals surface area contributed by atoms with E-state index in [0.717, 1.165) is 11.1 Å². The van der Waals surface area contributed by atoms with E-state index in [1.54, 1.807) is 17.0 Å². The minimum Gasteiger partial charge on any atom is -0.339 e. The van der Waals surface area contributed by atoms with Gasteiger partial charge < -0.3 is 10.2 Å². The molecule has 1 saturated heterocycles. The summed E-state index contributed by atoms with van der Waals surface area (Å²) in [6.45, 7) is 3.10. The molecule has 0 bridgehead atoms. The average Bonchev–Trinajstić information content (AvgIpc) is 2.70. The lowest BCUT2D eigenvalue weighted by molar-refractivity contribution is -0.130. The lowest BCUT2D eigenvalue weighted by atomic mass is 9.95. The second-order valence-electron chi connectivity index (χ2n) is 6.80. The van der Waals surface area contributed by atoms with E-state index >= 15 is 0 Å². The molecule has 2 aromatic rings. The zero-order chi connectivity index (χ0) is 19.2. The second kappa shape index (κ2) is 8.87. The first-order valence-electron chi connectivity index (χ1n) is 9.12. The maximum absolute atomic E-state index is 12.5. The molecule has 4 nitrogen and oxygen atoms in total. The van der Waals surface area contributed by atoms with Crippen molar-refractivity contribution in [2.45, 2.75) is 19.8 Å². The number of hydrogen-bond donors (Lipinski definition) is 1. The molecule has 2 aromatic carbocycles. The van der Waals surface area contributed by atoms with E-state index in [-0.39, 0.29) is 17.7 Å². The van der Waals surface area contributed by atoms with Crippen LogP contribution in [0.5, 0.6) is 0 Å². The molecular weight excluding hydrogens is 360 g/mol. The normalized spacial score (nSPS) is 15.1. The predicted molar refractivity (Wildman–Crippen MR) is 110 cm³/mol. The average molecular weight is 383 g/mol. The Morgan fingerprint density at radius 2 is 1.81 bits per heavy atom. The van der Waals surface area contributed by atoms with E-state index in [2.05, 4.69) is 5.32 Å². The highest BCUT2D eigenvalue weighted by Crippen LogP contribution is 2.23. The van der Waals surface area contributed by atoms with E-state index in [1.807, 2.05) is 55.5 Å². The Kier molecular flexibility index (Phi) is 6.30. The fourth-order valence-corrected chi connectivity index (χ4v) is 3.29. The van der Waals surface area contributed by atoms with Crippen LogP contribution in [0.2, 0.25) is 5.02 Å². The zero-order valence-corrected chi connectivity index (χ0v) is 16.1. The molecule has 0 atom stereocenters. The molecule has 1 heterocycles. The van der Waals surface area contributed by atoms with E-state index in [4.69, 9.17) is 11.6 Å². The summed E-state index contributed by atoms with van der Waals surface area (Å²) in [5.41, 5.74) is 2.68. The molecule has 0 radical (unpaired) electrons. The third-order valence-electron chi connectivity index (χ3n) is 4.83. The smallest absolute Gasteiger partial charge is 0.246 e. The van der Waals surface area contributed by atoms with Crippen LogP contribution in [0.15, 0.2) is 54.6 Å². The monoisotopic (exact) mass is 382 g/mol. The van der Waals surface area contributed by atoms with E-state index < -0.39 is 0 Å². The van der Waals surface area contributed by atoms with Crippen molar-refractivity contribution < 1.29 is 9.59 Å². The van der Waals surface area contributed by atoms with Crippen molar-refractivity contribution >= 4 is 35.2 Å². The van der Waals surface area contributed by atoms with E-state index in [9.17, 15) is 9.59 Å². The number of piperidine rings is 1. The van der Waals surface area contributed by atoms with Gasteiger partial charge in [-0.3, -0.25) is 9.59 Å². The summed E-state index contributed by atoms with van der Waals surface area (Å²) < 4.78 is 0. The highest BCUT2D eigenvalue weighted by molar-refractivity contribution is 6.31. The zero-order valence-electron chi connectivity index (χ0n) is 15.3. The van der Waals surface area contributed by atoms with Crippen LogP contribution in [0, 0.1) is 12.8 Å². The summed E-state index contributed by atoms with van der Waals surface area (Å²) in [6, 6.07) is 15.2. The maximum Gasteiger partial charge on any atom is 0.246 e. The summed E-state index contributed by atoms with van der Waals surface area (Å²) in [5, 5.41) is 3.57. The number of benzene rings is 2. The van der Waals surface area contributed by atoms with Crippen molar-refractivity contribution in [1.82, 2.24) is 4.90 Å². The van der Waals surface area contributed by atoms with Crippen LogP contribution in [-0.2, 0) is 9.59 Å². The van der Waals surface area contributed by atoms with Gasteiger partial charge >= 0.3 is 0 Å². The van der Waals surface area contributed by atoms with Crippen LogP contribution in [-0.4, -0.2) is 29.8 Å². The molecule has 27 heavy (non-hydrogen) atoms. The van der Waals surface area contributed by atoms with Crippen molar-refractivity contribution in [3.05, 3.63) is 70.8 Å². The number of anilines is 1. The Bertz CT molecular complexity index is 841.